The van der Waals surface area contributed by atoms with Crippen molar-refractivity contribution < 1.29 is 15.3 Å². The number of phenolic OH excluding ortho intramolecular Hbond substituents is 1. The van der Waals surface area contributed by atoms with Crippen LogP contribution in [0.1, 0.15) is 24.3 Å². The quantitative estimate of drug-likeness (QED) is 0.622. The fourth-order valence-electron chi connectivity index (χ4n) is 2.86. The molecular weight excluding hydrogens is 334 g/mol. The summed E-state index contributed by atoms with van der Waals surface area (Å²) in [6.45, 7) is 3.26. The van der Waals surface area contributed by atoms with Crippen LogP contribution in [0, 0.1) is 0 Å². The third-order valence-corrected chi connectivity index (χ3v) is 4.24. The number of hydrogen-bond acceptors (Lipinski definition) is 6. The molecule has 7 heteroatoms. The molecule has 3 rings (SSSR count). The summed E-state index contributed by atoms with van der Waals surface area (Å²) in [4.78, 5) is 18.5. The van der Waals surface area contributed by atoms with Gasteiger partial charge in [-0.3, -0.25) is 14.1 Å². The molecule has 1 atom stereocenters. The molecule has 0 aliphatic rings. The molecule has 3 N–H and O–H groups in total. The van der Waals surface area contributed by atoms with Crippen molar-refractivity contribution in [3.63, 3.8) is 0 Å². The predicted octanol–water partition coefficient (Wildman–Crippen LogP) is 1.66. The molecule has 26 heavy (non-hydrogen) atoms. The molecule has 0 fully saturated rings. The van der Waals surface area contributed by atoms with E-state index in [1.54, 1.807) is 30.5 Å². The standard InChI is InChI=1S/C19H21N3O4/c1-2-21(12-17(25)13-5-3-6-15(23)9-13)11-14-10-18(26)22-8-4-7-16(24)19(22)20-14/h3-10,17,23-25H,2,11-12H2,1H3/t17-/m1/s1. The molecule has 7 nitrogen and oxygen atoms in total. The highest BCUT2D eigenvalue weighted by molar-refractivity contribution is 5.52. The summed E-state index contributed by atoms with van der Waals surface area (Å²) in [5, 5.41) is 29.9. The van der Waals surface area contributed by atoms with Gasteiger partial charge in [0.2, 0.25) is 0 Å². The first-order valence-electron chi connectivity index (χ1n) is 8.37. The lowest BCUT2D eigenvalue weighted by Crippen LogP contribution is -2.29. The van der Waals surface area contributed by atoms with Crippen LogP contribution in [0.15, 0.2) is 53.5 Å². The van der Waals surface area contributed by atoms with Gasteiger partial charge in [-0.2, -0.15) is 0 Å². The van der Waals surface area contributed by atoms with E-state index in [9.17, 15) is 20.1 Å². The van der Waals surface area contributed by atoms with Crippen molar-refractivity contribution in [1.82, 2.24) is 14.3 Å². The second-order valence-electron chi connectivity index (χ2n) is 6.11. The number of rotatable bonds is 6. The number of phenols is 1. The van der Waals surface area contributed by atoms with Crippen LogP contribution in [-0.2, 0) is 6.54 Å². The monoisotopic (exact) mass is 355 g/mol. The summed E-state index contributed by atoms with van der Waals surface area (Å²) in [6, 6.07) is 11.0. The van der Waals surface area contributed by atoms with E-state index in [1.165, 1.54) is 22.6 Å². The lowest BCUT2D eigenvalue weighted by molar-refractivity contribution is 0.111. The van der Waals surface area contributed by atoms with E-state index in [0.717, 1.165) is 0 Å². The van der Waals surface area contributed by atoms with E-state index in [2.05, 4.69) is 4.98 Å². The predicted molar refractivity (Wildman–Crippen MR) is 97.1 cm³/mol. The number of likely N-dealkylation sites (N-methyl/N-ethyl adjacent to an activating group) is 1. The fraction of sp³-hybridized carbons (Fsp3) is 0.263. The molecule has 0 spiro atoms. The van der Waals surface area contributed by atoms with Gasteiger partial charge in [0.1, 0.15) is 5.75 Å². The summed E-state index contributed by atoms with van der Waals surface area (Å²) >= 11 is 0. The van der Waals surface area contributed by atoms with Crippen molar-refractivity contribution >= 4 is 5.65 Å². The zero-order chi connectivity index (χ0) is 18.7. The van der Waals surface area contributed by atoms with Gasteiger partial charge >= 0.3 is 0 Å². The van der Waals surface area contributed by atoms with Crippen molar-refractivity contribution in [2.24, 2.45) is 0 Å². The van der Waals surface area contributed by atoms with Crippen molar-refractivity contribution in [2.45, 2.75) is 19.6 Å². The van der Waals surface area contributed by atoms with Crippen LogP contribution < -0.4 is 5.56 Å². The fourth-order valence-corrected chi connectivity index (χ4v) is 2.86. The van der Waals surface area contributed by atoms with Crippen LogP contribution in [-0.4, -0.2) is 42.7 Å². The third-order valence-electron chi connectivity index (χ3n) is 4.24. The van der Waals surface area contributed by atoms with Crippen LogP contribution in [0.5, 0.6) is 11.5 Å². The van der Waals surface area contributed by atoms with Crippen LogP contribution in [0.25, 0.3) is 5.65 Å². The second kappa shape index (κ2) is 7.55. The topological polar surface area (TPSA) is 98.3 Å². The Bertz CT molecular complexity index is 970. The molecule has 0 radical (unpaired) electrons. The van der Waals surface area contributed by atoms with Crippen LogP contribution >= 0.6 is 0 Å². The molecule has 2 heterocycles. The average molecular weight is 355 g/mol. The summed E-state index contributed by atoms with van der Waals surface area (Å²) in [6.07, 6.45) is 0.772. The van der Waals surface area contributed by atoms with Gasteiger partial charge in [0, 0.05) is 25.4 Å². The maximum Gasteiger partial charge on any atom is 0.258 e. The molecule has 1 aromatic carbocycles. The first-order valence-corrected chi connectivity index (χ1v) is 8.37. The zero-order valence-electron chi connectivity index (χ0n) is 14.4. The van der Waals surface area contributed by atoms with Crippen molar-refractivity contribution in [3.05, 3.63) is 70.3 Å². The van der Waals surface area contributed by atoms with E-state index in [1.807, 2.05) is 11.8 Å². The van der Waals surface area contributed by atoms with E-state index in [0.29, 0.717) is 30.9 Å². The SMILES string of the molecule is CCN(Cc1cc(=O)n2cccc(O)c2n1)C[C@@H](O)c1cccc(O)c1. The van der Waals surface area contributed by atoms with E-state index in [4.69, 9.17) is 0 Å². The van der Waals surface area contributed by atoms with Crippen molar-refractivity contribution in [2.75, 3.05) is 13.1 Å². The normalized spacial score (nSPS) is 12.6. The summed E-state index contributed by atoms with van der Waals surface area (Å²) in [5.41, 5.74) is 1.07. The van der Waals surface area contributed by atoms with Crippen molar-refractivity contribution in [1.29, 1.82) is 0 Å². The second-order valence-corrected chi connectivity index (χ2v) is 6.11. The largest absolute Gasteiger partial charge is 0.508 e. The highest BCUT2D eigenvalue weighted by atomic mass is 16.3. The number of aromatic nitrogens is 2. The van der Waals surface area contributed by atoms with Crippen LogP contribution in [0.3, 0.4) is 0 Å². The van der Waals surface area contributed by atoms with E-state index >= 15 is 0 Å². The van der Waals surface area contributed by atoms with E-state index < -0.39 is 6.10 Å². The molecule has 2 aromatic heterocycles. The summed E-state index contributed by atoms with van der Waals surface area (Å²) in [5.74, 6) is 0.0404. The van der Waals surface area contributed by atoms with E-state index in [-0.39, 0.29) is 22.7 Å². The summed E-state index contributed by atoms with van der Waals surface area (Å²) < 4.78 is 1.29. The molecule has 0 aliphatic carbocycles. The number of benzene rings is 1. The summed E-state index contributed by atoms with van der Waals surface area (Å²) in [7, 11) is 0. The van der Waals surface area contributed by atoms with Gasteiger partial charge in [0.15, 0.2) is 11.4 Å². The molecule has 3 aromatic rings. The number of hydrogen-bond donors (Lipinski definition) is 3. The minimum absolute atomic E-state index is 0.0608. The molecule has 0 amide bonds. The molecule has 0 saturated heterocycles. The number of aromatic hydroxyl groups is 2. The van der Waals surface area contributed by atoms with Gasteiger partial charge in [-0.15, -0.1) is 0 Å². The first kappa shape index (κ1) is 17.9. The lowest BCUT2D eigenvalue weighted by atomic mass is 10.1. The molecule has 0 saturated carbocycles. The Labute approximate surface area is 150 Å². The van der Waals surface area contributed by atoms with Crippen LogP contribution in [0.2, 0.25) is 0 Å². The van der Waals surface area contributed by atoms with Gasteiger partial charge in [-0.1, -0.05) is 19.1 Å². The Morgan fingerprint density at radius 1 is 1.19 bits per heavy atom. The van der Waals surface area contributed by atoms with Crippen LogP contribution in [0.4, 0.5) is 0 Å². The molecule has 136 valence electrons. The first-order chi connectivity index (χ1) is 12.5. The smallest absolute Gasteiger partial charge is 0.258 e. The van der Waals surface area contributed by atoms with Gasteiger partial charge in [-0.25, -0.2) is 4.98 Å². The van der Waals surface area contributed by atoms with Gasteiger partial charge in [-0.05, 0) is 36.4 Å². The lowest BCUT2D eigenvalue weighted by Gasteiger charge is -2.23. The Balaban J connectivity index is 1.81. The number of nitrogens with zero attached hydrogens (tertiary/aromatic N) is 3. The number of fused-ring (bicyclic) bond motifs is 1. The highest BCUT2D eigenvalue weighted by Crippen LogP contribution is 2.20. The third kappa shape index (κ3) is 3.84. The molecule has 0 unspecified atom stereocenters. The minimum Gasteiger partial charge on any atom is -0.508 e. The Morgan fingerprint density at radius 3 is 2.73 bits per heavy atom. The Morgan fingerprint density at radius 2 is 2.00 bits per heavy atom. The maximum absolute atomic E-state index is 12.2. The molecule has 0 aliphatic heterocycles. The Kier molecular flexibility index (Phi) is 5.20. The molecule has 0 bridgehead atoms. The number of aliphatic hydroxyl groups is 1. The van der Waals surface area contributed by atoms with Gasteiger partial charge in [0.05, 0.1) is 11.8 Å². The molecular formula is C19H21N3O4. The van der Waals surface area contributed by atoms with Gasteiger partial charge in [0.25, 0.3) is 5.56 Å². The highest BCUT2D eigenvalue weighted by Gasteiger charge is 2.15. The number of aliphatic hydroxyl groups excluding tert-OH is 1. The minimum atomic E-state index is -0.781. The average Bonchev–Trinajstić information content (AvgIpc) is 2.62. The van der Waals surface area contributed by atoms with Gasteiger partial charge < -0.3 is 15.3 Å². The number of pyridine rings is 1. The zero-order valence-corrected chi connectivity index (χ0v) is 14.4. The maximum atomic E-state index is 12.2. The Hall–Kier alpha value is -2.90. The van der Waals surface area contributed by atoms with Crippen molar-refractivity contribution in [3.8, 4) is 11.5 Å².